The first-order valence-electron chi connectivity index (χ1n) is 10.9. The van der Waals surface area contributed by atoms with E-state index in [1.54, 1.807) is 12.1 Å². The molecule has 0 radical (unpaired) electrons. The van der Waals surface area contributed by atoms with Crippen molar-refractivity contribution in [1.29, 1.82) is 0 Å². The van der Waals surface area contributed by atoms with Crippen LogP contribution in [0.2, 0.25) is 0 Å². The minimum Gasteiger partial charge on any atom is -0.368 e. The molecule has 1 aliphatic rings. The molecular formula is C25H27FN4O2S. The zero-order valence-corrected chi connectivity index (χ0v) is 19.6. The van der Waals surface area contributed by atoms with Gasteiger partial charge in [-0.1, -0.05) is 36.0 Å². The van der Waals surface area contributed by atoms with Crippen molar-refractivity contribution in [2.24, 2.45) is 0 Å². The van der Waals surface area contributed by atoms with Crippen LogP contribution in [-0.2, 0) is 17.0 Å². The molecule has 0 atom stereocenters. The minimum absolute atomic E-state index is 0.0248. The molecule has 1 aromatic heterocycles. The molecular weight excluding hydrogens is 439 g/mol. The highest BCUT2D eigenvalue weighted by Gasteiger charge is 2.23. The maximum absolute atomic E-state index is 13.1. The Morgan fingerprint density at radius 2 is 1.79 bits per heavy atom. The van der Waals surface area contributed by atoms with E-state index < -0.39 is 0 Å². The molecule has 1 fully saturated rings. The number of rotatable bonds is 6. The van der Waals surface area contributed by atoms with E-state index in [1.807, 2.05) is 4.90 Å². The lowest BCUT2D eigenvalue weighted by molar-refractivity contribution is -0.130. The first-order chi connectivity index (χ1) is 15.9. The zero-order valence-electron chi connectivity index (χ0n) is 18.8. The molecule has 2 aromatic carbocycles. The average molecular weight is 467 g/mol. The highest BCUT2D eigenvalue weighted by Crippen LogP contribution is 2.23. The van der Waals surface area contributed by atoms with Crippen LogP contribution in [0.1, 0.15) is 22.4 Å². The fourth-order valence-corrected chi connectivity index (χ4v) is 4.75. The number of nitrogens with zero attached hydrogens (tertiary/aromatic N) is 3. The van der Waals surface area contributed by atoms with E-state index in [0.717, 1.165) is 18.7 Å². The SMILES string of the molecule is Cc1ccc(C)c(N2CCN(C(=O)Cc3cc(=O)[nH]c(SCc4ccc(F)cc4)n3)CC2)c1. The molecule has 0 aliphatic carbocycles. The third-order valence-electron chi connectivity index (χ3n) is 5.73. The second-order valence-corrected chi connectivity index (χ2v) is 9.26. The Labute approximate surface area is 196 Å². The van der Waals surface area contributed by atoms with Crippen LogP contribution in [0.3, 0.4) is 0 Å². The lowest BCUT2D eigenvalue weighted by atomic mass is 10.1. The number of carbonyl (C=O) groups is 1. The third kappa shape index (κ3) is 6.01. The molecule has 0 spiro atoms. The number of hydrogen-bond donors (Lipinski definition) is 1. The van der Waals surface area contributed by atoms with Crippen molar-refractivity contribution in [3.8, 4) is 0 Å². The number of halogens is 1. The maximum Gasteiger partial charge on any atom is 0.251 e. The molecule has 3 aromatic rings. The van der Waals surface area contributed by atoms with E-state index in [4.69, 9.17) is 0 Å². The molecule has 8 heteroatoms. The predicted molar refractivity (Wildman–Crippen MR) is 129 cm³/mol. The third-order valence-corrected chi connectivity index (χ3v) is 6.68. The predicted octanol–water partition coefficient (Wildman–Crippen LogP) is 3.71. The van der Waals surface area contributed by atoms with Gasteiger partial charge < -0.3 is 14.8 Å². The van der Waals surface area contributed by atoms with Gasteiger partial charge in [0.25, 0.3) is 5.56 Å². The molecule has 1 aliphatic heterocycles. The van der Waals surface area contributed by atoms with E-state index in [1.165, 1.54) is 46.8 Å². The number of anilines is 1. The first kappa shape index (κ1) is 23.0. The molecule has 6 nitrogen and oxygen atoms in total. The summed E-state index contributed by atoms with van der Waals surface area (Å²) in [4.78, 5) is 36.3. The van der Waals surface area contributed by atoms with Crippen LogP contribution in [-0.4, -0.2) is 47.0 Å². The highest BCUT2D eigenvalue weighted by atomic mass is 32.2. The van der Waals surface area contributed by atoms with E-state index in [-0.39, 0.29) is 23.7 Å². The van der Waals surface area contributed by atoms with Crippen molar-refractivity contribution in [3.63, 3.8) is 0 Å². The molecule has 4 rings (SSSR count). The Kier molecular flexibility index (Phi) is 7.13. The summed E-state index contributed by atoms with van der Waals surface area (Å²) in [6.45, 7) is 7.03. The number of benzene rings is 2. The van der Waals surface area contributed by atoms with Gasteiger partial charge in [-0.25, -0.2) is 9.37 Å². The van der Waals surface area contributed by atoms with Gasteiger partial charge in [-0.15, -0.1) is 0 Å². The number of amides is 1. The Morgan fingerprint density at radius 1 is 1.06 bits per heavy atom. The second-order valence-electron chi connectivity index (χ2n) is 8.29. The molecule has 0 bridgehead atoms. The number of aromatic nitrogens is 2. The Hall–Kier alpha value is -3.13. The number of carbonyl (C=O) groups excluding carboxylic acids is 1. The van der Waals surface area contributed by atoms with Crippen LogP contribution in [0.25, 0.3) is 0 Å². The summed E-state index contributed by atoms with van der Waals surface area (Å²) in [5.41, 5.74) is 4.78. The lowest BCUT2D eigenvalue weighted by Crippen LogP contribution is -2.49. The van der Waals surface area contributed by atoms with Crippen LogP contribution in [0, 0.1) is 19.7 Å². The molecule has 0 saturated carbocycles. The van der Waals surface area contributed by atoms with E-state index in [0.29, 0.717) is 29.7 Å². The van der Waals surface area contributed by atoms with Crippen LogP contribution < -0.4 is 10.5 Å². The molecule has 172 valence electrons. The van der Waals surface area contributed by atoms with Gasteiger partial charge in [0, 0.05) is 43.7 Å². The normalized spacial score (nSPS) is 13.9. The number of thioether (sulfide) groups is 1. The van der Waals surface area contributed by atoms with Crippen molar-refractivity contribution in [2.75, 3.05) is 31.1 Å². The van der Waals surface area contributed by atoms with Crippen molar-refractivity contribution in [1.82, 2.24) is 14.9 Å². The Bertz CT molecular complexity index is 1190. The van der Waals surface area contributed by atoms with Gasteiger partial charge >= 0.3 is 0 Å². The first-order valence-corrected chi connectivity index (χ1v) is 11.9. The summed E-state index contributed by atoms with van der Waals surface area (Å²) in [6.07, 6.45) is 0.0947. The van der Waals surface area contributed by atoms with Gasteiger partial charge in [-0.2, -0.15) is 0 Å². The van der Waals surface area contributed by atoms with Crippen molar-refractivity contribution in [3.05, 3.63) is 87.1 Å². The summed E-state index contributed by atoms with van der Waals surface area (Å²) in [5, 5.41) is 0.453. The van der Waals surface area contributed by atoms with Crippen molar-refractivity contribution >= 4 is 23.4 Å². The second kappa shape index (κ2) is 10.2. The summed E-state index contributed by atoms with van der Waals surface area (Å²) >= 11 is 1.35. The zero-order chi connectivity index (χ0) is 23.4. The minimum atomic E-state index is -0.286. The Morgan fingerprint density at radius 3 is 2.52 bits per heavy atom. The lowest BCUT2D eigenvalue weighted by Gasteiger charge is -2.37. The summed E-state index contributed by atoms with van der Waals surface area (Å²) in [6, 6.07) is 14.0. The standard InChI is InChI=1S/C25H27FN4O2S/c1-17-3-4-18(2)22(13-17)29-9-11-30(12-10-29)24(32)15-21-14-23(31)28-25(27-21)33-16-19-5-7-20(26)8-6-19/h3-8,13-14H,9-12,15-16H2,1-2H3,(H,27,28,31). The number of aromatic amines is 1. The maximum atomic E-state index is 13.1. The monoisotopic (exact) mass is 466 g/mol. The number of hydrogen-bond acceptors (Lipinski definition) is 5. The molecule has 2 heterocycles. The number of H-pyrrole nitrogens is 1. The summed E-state index contributed by atoms with van der Waals surface area (Å²) in [5.74, 6) is 0.231. The quantitative estimate of drug-likeness (QED) is 0.443. The smallest absolute Gasteiger partial charge is 0.251 e. The molecule has 1 N–H and O–H groups in total. The summed E-state index contributed by atoms with van der Waals surface area (Å²) < 4.78 is 13.1. The number of nitrogens with one attached hydrogen (secondary N) is 1. The van der Waals surface area contributed by atoms with Gasteiger partial charge in [-0.3, -0.25) is 9.59 Å². The van der Waals surface area contributed by atoms with E-state index >= 15 is 0 Å². The molecule has 33 heavy (non-hydrogen) atoms. The fraction of sp³-hybridized carbons (Fsp3) is 0.320. The van der Waals surface area contributed by atoms with Crippen LogP contribution in [0.15, 0.2) is 58.5 Å². The van der Waals surface area contributed by atoms with Crippen LogP contribution in [0.4, 0.5) is 10.1 Å². The van der Waals surface area contributed by atoms with E-state index in [2.05, 4.69) is 46.9 Å². The van der Waals surface area contributed by atoms with Crippen molar-refractivity contribution < 1.29 is 9.18 Å². The molecule has 1 amide bonds. The average Bonchev–Trinajstić information content (AvgIpc) is 2.80. The Balaban J connectivity index is 1.35. The molecule has 0 unspecified atom stereocenters. The van der Waals surface area contributed by atoms with Gasteiger partial charge in [0.2, 0.25) is 5.91 Å². The van der Waals surface area contributed by atoms with Gasteiger partial charge in [0.05, 0.1) is 12.1 Å². The number of aryl methyl sites for hydroxylation is 2. The van der Waals surface area contributed by atoms with Gasteiger partial charge in [0.1, 0.15) is 5.82 Å². The largest absolute Gasteiger partial charge is 0.368 e. The topological polar surface area (TPSA) is 69.3 Å². The van der Waals surface area contributed by atoms with Gasteiger partial charge in [-0.05, 0) is 48.7 Å². The number of piperazine rings is 1. The molecule has 1 saturated heterocycles. The van der Waals surface area contributed by atoms with Crippen molar-refractivity contribution in [2.45, 2.75) is 31.2 Å². The summed E-state index contributed by atoms with van der Waals surface area (Å²) in [7, 11) is 0. The van der Waals surface area contributed by atoms with Crippen LogP contribution >= 0.6 is 11.8 Å². The van der Waals surface area contributed by atoms with Crippen LogP contribution in [0.5, 0.6) is 0 Å². The van der Waals surface area contributed by atoms with Gasteiger partial charge in [0.15, 0.2) is 5.16 Å². The fourth-order valence-electron chi connectivity index (χ4n) is 3.90. The highest BCUT2D eigenvalue weighted by molar-refractivity contribution is 7.98. The van der Waals surface area contributed by atoms with E-state index in [9.17, 15) is 14.0 Å².